The van der Waals surface area contributed by atoms with Crippen molar-refractivity contribution < 1.29 is 19.7 Å². The summed E-state index contributed by atoms with van der Waals surface area (Å²) in [5.41, 5.74) is 6.83. The second-order valence-electron chi connectivity index (χ2n) is 6.26. The van der Waals surface area contributed by atoms with Crippen molar-refractivity contribution in [2.45, 2.75) is 57.5 Å². The number of unbranched alkanes of at least 4 members (excludes halogenated alkanes) is 3. The number of hydrogen-bond acceptors (Lipinski definition) is 8. The topological polar surface area (TPSA) is 129 Å². The molecule has 0 bridgehead atoms. The molecular formula is C16H25N5O4. The molecule has 138 valence electrons. The SMILES string of the molecule is CCCCCCOc1nc(N)c2ncn([C@@H]3O[C@H](CO)C[C@H]3O)c2n1. The zero-order valence-electron chi connectivity index (χ0n) is 14.3. The third-order valence-corrected chi connectivity index (χ3v) is 4.30. The first kappa shape index (κ1) is 17.8. The normalized spacial score (nSPS) is 23.4. The van der Waals surface area contributed by atoms with Crippen LogP contribution in [0, 0.1) is 0 Å². The van der Waals surface area contributed by atoms with E-state index < -0.39 is 18.4 Å². The molecule has 2 aromatic heterocycles. The Labute approximate surface area is 145 Å². The first-order valence-electron chi connectivity index (χ1n) is 8.71. The minimum Gasteiger partial charge on any atom is -0.463 e. The van der Waals surface area contributed by atoms with Crippen molar-refractivity contribution in [3.8, 4) is 6.01 Å². The number of nitrogen functional groups attached to an aromatic ring is 1. The van der Waals surface area contributed by atoms with Crippen LogP contribution in [0.5, 0.6) is 6.01 Å². The molecule has 2 aromatic rings. The van der Waals surface area contributed by atoms with Gasteiger partial charge in [-0.2, -0.15) is 9.97 Å². The van der Waals surface area contributed by atoms with Gasteiger partial charge in [0.05, 0.1) is 25.6 Å². The van der Waals surface area contributed by atoms with E-state index in [4.69, 9.17) is 15.2 Å². The number of rotatable bonds is 8. The van der Waals surface area contributed by atoms with Gasteiger partial charge in [0.15, 0.2) is 23.2 Å². The van der Waals surface area contributed by atoms with Crippen LogP contribution in [-0.2, 0) is 4.74 Å². The molecule has 0 saturated carbocycles. The molecule has 3 heterocycles. The highest BCUT2D eigenvalue weighted by atomic mass is 16.5. The van der Waals surface area contributed by atoms with Gasteiger partial charge in [-0.05, 0) is 6.42 Å². The lowest BCUT2D eigenvalue weighted by Gasteiger charge is -2.16. The summed E-state index contributed by atoms with van der Waals surface area (Å²) in [5.74, 6) is 0.221. The van der Waals surface area contributed by atoms with Gasteiger partial charge in [0, 0.05) is 6.42 Å². The molecule has 9 heteroatoms. The maximum atomic E-state index is 10.2. The Hall–Kier alpha value is -1.97. The van der Waals surface area contributed by atoms with E-state index in [1.807, 2.05) is 0 Å². The van der Waals surface area contributed by atoms with Crippen molar-refractivity contribution in [3.05, 3.63) is 6.33 Å². The number of aliphatic hydroxyl groups excluding tert-OH is 2. The number of imidazole rings is 1. The number of ether oxygens (including phenoxy) is 2. The molecule has 0 radical (unpaired) electrons. The van der Waals surface area contributed by atoms with Gasteiger partial charge in [-0.3, -0.25) is 4.57 Å². The van der Waals surface area contributed by atoms with E-state index in [2.05, 4.69) is 21.9 Å². The molecule has 1 aliphatic rings. The third-order valence-electron chi connectivity index (χ3n) is 4.30. The first-order valence-corrected chi connectivity index (χ1v) is 8.71. The maximum Gasteiger partial charge on any atom is 0.320 e. The number of nitrogens with zero attached hydrogens (tertiary/aromatic N) is 4. The van der Waals surface area contributed by atoms with Crippen LogP contribution in [0.4, 0.5) is 5.82 Å². The van der Waals surface area contributed by atoms with Crippen LogP contribution in [0.1, 0.15) is 45.3 Å². The lowest BCUT2D eigenvalue weighted by atomic mass is 10.2. The molecule has 0 aromatic carbocycles. The summed E-state index contributed by atoms with van der Waals surface area (Å²) >= 11 is 0. The van der Waals surface area contributed by atoms with Gasteiger partial charge in [0.1, 0.15) is 6.10 Å². The molecule has 0 aliphatic carbocycles. The second-order valence-corrected chi connectivity index (χ2v) is 6.26. The summed E-state index contributed by atoms with van der Waals surface area (Å²) in [7, 11) is 0. The Kier molecular flexibility index (Phi) is 5.67. The van der Waals surface area contributed by atoms with Gasteiger partial charge in [0.25, 0.3) is 0 Å². The van der Waals surface area contributed by atoms with Crippen molar-refractivity contribution in [2.75, 3.05) is 18.9 Å². The largest absolute Gasteiger partial charge is 0.463 e. The fraction of sp³-hybridized carbons (Fsp3) is 0.688. The maximum absolute atomic E-state index is 10.2. The molecule has 3 rings (SSSR count). The monoisotopic (exact) mass is 351 g/mol. The summed E-state index contributed by atoms with van der Waals surface area (Å²) < 4.78 is 12.9. The molecule has 0 unspecified atom stereocenters. The lowest BCUT2D eigenvalue weighted by Crippen LogP contribution is -2.19. The minimum atomic E-state index is -0.760. The van der Waals surface area contributed by atoms with Crippen LogP contribution in [-0.4, -0.2) is 55.2 Å². The van der Waals surface area contributed by atoms with Crippen molar-refractivity contribution in [1.82, 2.24) is 19.5 Å². The molecule has 3 atom stereocenters. The average molecular weight is 351 g/mol. The summed E-state index contributed by atoms with van der Waals surface area (Å²) in [4.78, 5) is 12.7. The van der Waals surface area contributed by atoms with Gasteiger partial charge >= 0.3 is 6.01 Å². The van der Waals surface area contributed by atoms with Crippen LogP contribution in [0.3, 0.4) is 0 Å². The van der Waals surface area contributed by atoms with Crippen molar-refractivity contribution in [2.24, 2.45) is 0 Å². The van der Waals surface area contributed by atoms with E-state index >= 15 is 0 Å². The highest BCUT2D eigenvalue weighted by Crippen LogP contribution is 2.32. The molecule has 25 heavy (non-hydrogen) atoms. The Bertz CT molecular complexity index is 707. The van der Waals surface area contributed by atoms with Crippen molar-refractivity contribution >= 4 is 17.0 Å². The molecule has 0 amide bonds. The fourth-order valence-electron chi connectivity index (χ4n) is 2.96. The van der Waals surface area contributed by atoms with E-state index in [-0.39, 0.29) is 18.4 Å². The number of anilines is 1. The average Bonchev–Trinajstić information content (AvgIpc) is 3.18. The first-order chi connectivity index (χ1) is 12.1. The summed E-state index contributed by atoms with van der Waals surface area (Å²) in [6, 6.07) is 0.189. The highest BCUT2D eigenvalue weighted by molar-refractivity contribution is 5.82. The molecule has 0 spiro atoms. The van der Waals surface area contributed by atoms with Gasteiger partial charge in [0.2, 0.25) is 0 Å². The van der Waals surface area contributed by atoms with Gasteiger partial charge in [-0.1, -0.05) is 26.2 Å². The van der Waals surface area contributed by atoms with Crippen LogP contribution in [0.15, 0.2) is 6.33 Å². The quantitative estimate of drug-likeness (QED) is 0.601. The fourth-order valence-corrected chi connectivity index (χ4v) is 2.96. The zero-order valence-corrected chi connectivity index (χ0v) is 14.3. The van der Waals surface area contributed by atoms with Gasteiger partial charge in [-0.25, -0.2) is 4.98 Å². The van der Waals surface area contributed by atoms with E-state index in [0.717, 1.165) is 19.3 Å². The Morgan fingerprint density at radius 2 is 2.20 bits per heavy atom. The third kappa shape index (κ3) is 3.83. The standard InChI is InChI=1S/C16H25N5O4/c1-2-3-4-5-6-24-16-19-13(17)12-14(20-16)21(9-18-12)15-11(23)7-10(8-22)25-15/h9-11,15,22-23H,2-8H2,1H3,(H2,17,19,20)/t10-,11+,15+/m0/s1. The number of hydrogen-bond donors (Lipinski definition) is 3. The number of aromatic nitrogens is 4. The summed E-state index contributed by atoms with van der Waals surface area (Å²) in [6.07, 6.45) is 4.36. The number of fused-ring (bicyclic) bond motifs is 1. The van der Waals surface area contributed by atoms with Crippen molar-refractivity contribution in [3.63, 3.8) is 0 Å². The predicted octanol–water partition coefficient (Wildman–Crippen LogP) is 1.01. The summed E-state index contributed by atoms with van der Waals surface area (Å²) in [5, 5.41) is 19.4. The van der Waals surface area contributed by atoms with Crippen molar-refractivity contribution in [1.29, 1.82) is 0 Å². The molecule has 4 N–H and O–H groups in total. The van der Waals surface area contributed by atoms with Crippen LogP contribution < -0.4 is 10.5 Å². The summed E-state index contributed by atoms with van der Waals surface area (Å²) in [6.45, 7) is 2.53. The van der Waals surface area contributed by atoms with Gasteiger partial charge < -0.3 is 25.4 Å². The molecule has 9 nitrogen and oxygen atoms in total. The van der Waals surface area contributed by atoms with E-state index in [1.165, 1.54) is 12.7 Å². The Morgan fingerprint density at radius 3 is 2.92 bits per heavy atom. The molecular weight excluding hydrogens is 326 g/mol. The predicted molar refractivity (Wildman–Crippen MR) is 91.0 cm³/mol. The van der Waals surface area contributed by atoms with E-state index in [0.29, 0.717) is 24.2 Å². The zero-order chi connectivity index (χ0) is 17.8. The van der Waals surface area contributed by atoms with E-state index in [1.54, 1.807) is 4.57 Å². The molecule has 1 saturated heterocycles. The number of nitrogens with two attached hydrogens (primary N) is 1. The highest BCUT2D eigenvalue weighted by Gasteiger charge is 2.36. The van der Waals surface area contributed by atoms with Crippen LogP contribution >= 0.6 is 0 Å². The number of aliphatic hydroxyl groups is 2. The van der Waals surface area contributed by atoms with Crippen LogP contribution in [0.2, 0.25) is 0 Å². The minimum absolute atomic E-state index is 0.149. The van der Waals surface area contributed by atoms with E-state index in [9.17, 15) is 10.2 Å². The Balaban J connectivity index is 1.79. The molecule has 1 aliphatic heterocycles. The van der Waals surface area contributed by atoms with Gasteiger partial charge in [-0.15, -0.1) is 0 Å². The Morgan fingerprint density at radius 1 is 1.36 bits per heavy atom. The smallest absolute Gasteiger partial charge is 0.320 e. The molecule has 1 fully saturated rings. The second kappa shape index (κ2) is 7.94. The lowest BCUT2D eigenvalue weighted by molar-refractivity contribution is -0.0487. The van der Waals surface area contributed by atoms with Crippen LogP contribution in [0.25, 0.3) is 11.2 Å².